The van der Waals surface area contributed by atoms with Crippen LogP contribution in [0.25, 0.3) is 10.9 Å². The smallest absolute Gasteiger partial charge is 0.254 e. The average molecular weight is 364 g/mol. The summed E-state index contributed by atoms with van der Waals surface area (Å²) in [4.78, 5) is 30.1. The van der Waals surface area contributed by atoms with E-state index in [-0.39, 0.29) is 18.0 Å². The molecule has 0 bridgehead atoms. The number of carbonyl (C=O) groups excluding carboxylic acids is 1. The van der Waals surface area contributed by atoms with Gasteiger partial charge in [-0.3, -0.25) is 9.59 Å². The topological polar surface area (TPSA) is 62.4 Å². The highest BCUT2D eigenvalue weighted by molar-refractivity contribution is 5.94. The minimum atomic E-state index is -0.157. The number of aromatic nitrogens is 1. The zero-order valence-electron chi connectivity index (χ0n) is 15.9. The van der Waals surface area contributed by atoms with E-state index in [9.17, 15) is 9.59 Å². The summed E-state index contributed by atoms with van der Waals surface area (Å²) < 4.78 is 5.15. The predicted molar refractivity (Wildman–Crippen MR) is 107 cm³/mol. The first kappa shape index (κ1) is 18.7. The lowest BCUT2D eigenvalue weighted by atomic mass is 10.1. The van der Waals surface area contributed by atoms with Gasteiger partial charge in [0, 0.05) is 23.2 Å². The van der Waals surface area contributed by atoms with Crippen LogP contribution < -0.4 is 10.3 Å². The van der Waals surface area contributed by atoms with Crippen LogP contribution in [0.2, 0.25) is 0 Å². The molecular weight excluding hydrogens is 340 g/mol. The van der Waals surface area contributed by atoms with E-state index in [1.807, 2.05) is 38.1 Å². The molecule has 3 rings (SSSR count). The van der Waals surface area contributed by atoms with Crippen LogP contribution in [-0.4, -0.2) is 29.4 Å². The molecular formula is C22H24N2O3. The lowest BCUT2D eigenvalue weighted by molar-refractivity contribution is 0.0742. The molecule has 1 aromatic heterocycles. The Morgan fingerprint density at radius 3 is 2.52 bits per heavy atom. The second kappa shape index (κ2) is 8.08. The highest BCUT2D eigenvalue weighted by atomic mass is 16.5. The predicted octanol–water partition coefficient (Wildman–Crippen LogP) is 3.90. The van der Waals surface area contributed by atoms with Gasteiger partial charge in [0.2, 0.25) is 0 Å². The van der Waals surface area contributed by atoms with Crippen molar-refractivity contribution >= 4 is 16.8 Å². The molecule has 2 aromatic carbocycles. The van der Waals surface area contributed by atoms with Gasteiger partial charge >= 0.3 is 0 Å². The van der Waals surface area contributed by atoms with Crippen molar-refractivity contribution in [2.75, 3.05) is 13.7 Å². The van der Waals surface area contributed by atoms with Crippen molar-refractivity contribution in [2.24, 2.45) is 0 Å². The number of hydrogen-bond donors (Lipinski definition) is 1. The van der Waals surface area contributed by atoms with Crippen LogP contribution in [0, 0.1) is 6.92 Å². The molecule has 0 fully saturated rings. The lowest BCUT2D eigenvalue weighted by Gasteiger charge is -2.22. The number of hydrogen-bond acceptors (Lipinski definition) is 3. The van der Waals surface area contributed by atoms with E-state index in [0.717, 1.165) is 22.9 Å². The number of nitrogens with one attached hydrogen (secondary N) is 1. The molecule has 1 heterocycles. The number of nitrogens with zero attached hydrogens (tertiary/aromatic N) is 1. The normalized spacial score (nSPS) is 10.8. The van der Waals surface area contributed by atoms with E-state index in [1.54, 1.807) is 36.3 Å². The molecule has 0 aliphatic carbocycles. The molecule has 0 aliphatic heterocycles. The van der Waals surface area contributed by atoms with Crippen LogP contribution in [0.15, 0.2) is 53.3 Å². The van der Waals surface area contributed by atoms with E-state index in [0.29, 0.717) is 23.4 Å². The molecule has 140 valence electrons. The summed E-state index contributed by atoms with van der Waals surface area (Å²) >= 11 is 0. The summed E-state index contributed by atoms with van der Waals surface area (Å²) in [7, 11) is 1.59. The zero-order chi connectivity index (χ0) is 19.4. The van der Waals surface area contributed by atoms with Gasteiger partial charge < -0.3 is 14.6 Å². The molecule has 27 heavy (non-hydrogen) atoms. The summed E-state index contributed by atoms with van der Waals surface area (Å²) in [5.41, 5.74) is 2.94. The number of fused-ring (bicyclic) bond motifs is 1. The standard InChI is InChI=1S/C22H24N2O3/c1-4-11-24(22(26)16-6-8-19(27-3)9-7-16)14-18-13-17-12-15(2)5-10-20(17)23-21(18)25/h5-10,12-13H,4,11,14H2,1-3H3,(H,23,25). The molecule has 0 radical (unpaired) electrons. The highest BCUT2D eigenvalue weighted by Gasteiger charge is 2.17. The first-order valence-electron chi connectivity index (χ1n) is 9.07. The summed E-state index contributed by atoms with van der Waals surface area (Å²) in [5, 5.41) is 0.970. The summed E-state index contributed by atoms with van der Waals surface area (Å²) in [5.74, 6) is 0.609. The third kappa shape index (κ3) is 4.19. The fourth-order valence-electron chi connectivity index (χ4n) is 3.13. The van der Waals surface area contributed by atoms with Gasteiger partial charge in [0.15, 0.2) is 0 Å². The first-order valence-corrected chi connectivity index (χ1v) is 9.07. The van der Waals surface area contributed by atoms with Crippen molar-refractivity contribution in [1.82, 2.24) is 9.88 Å². The summed E-state index contributed by atoms with van der Waals surface area (Å²) in [6.45, 7) is 4.89. The number of pyridine rings is 1. The van der Waals surface area contributed by atoms with Gasteiger partial charge in [-0.15, -0.1) is 0 Å². The van der Waals surface area contributed by atoms with Crippen molar-refractivity contribution in [2.45, 2.75) is 26.8 Å². The molecule has 5 nitrogen and oxygen atoms in total. The van der Waals surface area contributed by atoms with E-state index in [1.165, 1.54) is 0 Å². The van der Waals surface area contributed by atoms with Gasteiger partial charge in [-0.05, 0) is 61.2 Å². The minimum Gasteiger partial charge on any atom is -0.497 e. The van der Waals surface area contributed by atoms with Gasteiger partial charge in [0.25, 0.3) is 11.5 Å². The van der Waals surface area contributed by atoms with Crippen LogP contribution in [0.5, 0.6) is 5.75 Å². The second-order valence-electron chi connectivity index (χ2n) is 6.67. The van der Waals surface area contributed by atoms with Crippen LogP contribution in [0.3, 0.4) is 0 Å². The molecule has 0 saturated heterocycles. The van der Waals surface area contributed by atoms with E-state index < -0.39 is 0 Å². The fourth-order valence-corrected chi connectivity index (χ4v) is 3.13. The van der Waals surface area contributed by atoms with Gasteiger partial charge in [-0.25, -0.2) is 0 Å². The zero-order valence-corrected chi connectivity index (χ0v) is 15.9. The van der Waals surface area contributed by atoms with Crippen molar-refractivity contribution in [3.05, 3.63) is 75.6 Å². The molecule has 0 unspecified atom stereocenters. The molecule has 0 aliphatic rings. The van der Waals surface area contributed by atoms with Crippen LogP contribution in [-0.2, 0) is 6.54 Å². The number of aromatic amines is 1. The Kier molecular flexibility index (Phi) is 5.60. The van der Waals surface area contributed by atoms with Crippen LogP contribution in [0.1, 0.15) is 34.8 Å². The van der Waals surface area contributed by atoms with Gasteiger partial charge in [-0.2, -0.15) is 0 Å². The van der Waals surface area contributed by atoms with E-state index >= 15 is 0 Å². The molecule has 0 saturated carbocycles. The quantitative estimate of drug-likeness (QED) is 0.722. The van der Waals surface area contributed by atoms with Gasteiger partial charge in [0.1, 0.15) is 5.75 Å². The second-order valence-corrected chi connectivity index (χ2v) is 6.67. The Labute approximate surface area is 158 Å². The van der Waals surface area contributed by atoms with E-state index in [4.69, 9.17) is 4.74 Å². The Hall–Kier alpha value is -3.08. The van der Waals surface area contributed by atoms with Crippen molar-refractivity contribution in [1.29, 1.82) is 0 Å². The Bertz CT molecular complexity index is 1010. The van der Waals surface area contributed by atoms with Gasteiger partial charge in [-0.1, -0.05) is 18.6 Å². The van der Waals surface area contributed by atoms with Crippen LogP contribution in [0.4, 0.5) is 0 Å². The number of rotatable bonds is 6. The molecule has 1 amide bonds. The minimum absolute atomic E-state index is 0.0942. The number of aryl methyl sites for hydroxylation is 1. The SMILES string of the molecule is CCCN(Cc1cc2cc(C)ccc2[nH]c1=O)C(=O)c1ccc(OC)cc1. The van der Waals surface area contributed by atoms with Crippen LogP contribution >= 0.6 is 0 Å². The molecule has 5 heteroatoms. The number of H-pyrrole nitrogens is 1. The van der Waals surface area contributed by atoms with Crippen molar-refractivity contribution < 1.29 is 9.53 Å². The summed E-state index contributed by atoms with van der Waals surface area (Å²) in [6, 6.07) is 14.8. The monoisotopic (exact) mass is 364 g/mol. The Balaban J connectivity index is 1.91. The Morgan fingerprint density at radius 1 is 1.11 bits per heavy atom. The third-order valence-electron chi connectivity index (χ3n) is 4.56. The molecule has 0 atom stereocenters. The maximum absolute atomic E-state index is 12.9. The van der Waals surface area contributed by atoms with Crippen molar-refractivity contribution in [3.63, 3.8) is 0 Å². The molecule has 3 aromatic rings. The Morgan fingerprint density at radius 2 is 1.85 bits per heavy atom. The maximum atomic E-state index is 12.9. The number of methoxy groups -OCH3 is 1. The molecule has 1 N–H and O–H groups in total. The highest BCUT2D eigenvalue weighted by Crippen LogP contribution is 2.17. The van der Waals surface area contributed by atoms with Crippen molar-refractivity contribution in [3.8, 4) is 5.75 Å². The average Bonchev–Trinajstić information content (AvgIpc) is 2.68. The molecule has 0 spiro atoms. The number of amides is 1. The van der Waals surface area contributed by atoms with Gasteiger partial charge in [0.05, 0.1) is 13.7 Å². The van der Waals surface area contributed by atoms with E-state index in [2.05, 4.69) is 4.98 Å². The largest absolute Gasteiger partial charge is 0.497 e. The lowest BCUT2D eigenvalue weighted by Crippen LogP contribution is -2.33. The first-order chi connectivity index (χ1) is 13.0. The summed E-state index contributed by atoms with van der Waals surface area (Å²) in [6.07, 6.45) is 0.812. The maximum Gasteiger partial charge on any atom is 0.254 e. The number of benzene rings is 2. The third-order valence-corrected chi connectivity index (χ3v) is 4.56. The number of carbonyl (C=O) groups is 1. The number of ether oxygens (including phenoxy) is 1. The fraction of sp³-hybridized carbons (Fsp3) is 0.273.